The molecule has 1 saturated heterocycles. The normalized spacial score (nSPS) is 17.2. The molecule has 0 bridgehead atoms. The van der Waals surface area contributed by atoms with Crippen molar-refractivity contribution in [2.24, 2.45) is 4.99 Å². The Hall–Kier alpha value is -1.61. The molecule has 3 rings (SSSR count). The third-order valence-electron chi connectivity index (χ3n) is 5.26. The molecule has 1 fully saturated rings. The number of ether oxygens (including phenoxy) is 1. The largest absolute Gasteiger partial charge is 0.370 e. The molecule has 1 aliphatic heterocycles. The summed E-state index contributed by atoms with van der Waals surface area (Å²) in [5, 5.41) is 7.48. The summed E-state index contributed by atoms with van der Waals surface area (Å²) in [6, 6.07) is 8.46. The van der Waals surface area contributed by atoms with Gasteiger partial charge in [-0.3, -0.25) is 4.99 Å². The van der Waals surface area contributed by atoms with Crippen molar-refractivity contribution in [3.05, 3.63) is 52.4 Å². The minimum Gasteiger partial charge on any atom is -0.370 e. The molecule has 7 heteroatoms. The minimum atomic E-state index is 0. The van der Waals surface area contributed by atoms with Gasteiger partial charge in [-0.15, -0.1) is 24.0 Å². The van der Waals surface area contributed by atoms with Crippen LogP contribution in [0.5, 0.6) is 0 Å². The van der Waals surface area contributed by atoms with Crippen molar-refractivity contribution < 1.29 is 9.26 Å². The molecule has 0 spiro atoms. The predicted molar refractivity (Wildman–Crippen MR) is 127 cm³/mol. The molecule has 1 aliphatic rings. The van der Waals surface area contributed by atoms with Crippen LogP contribution >= 0.6 is 24.0 Å². The van der Waals surface area contributed by atoms with Crippen LogP contribution in [0.3, 0.4) is 0 Å². The maximum atomic E-state index is 6.06. The van der Waals surface area contributed by atoms with Crippen molar-refractivity contribution in [3.8, 4) is 0 Å². The first-order valence-corrected chi connectivity index (χ1v) is 10.2. The van der Waals surface area contributed by atoms with Gasteiger partial charge in [-0.05, 0) is 51.7 Å². The summed E-state index contributed by atoms with van der Waals surface area (Å²) in [6.45, 7) is 12.3. The second-order valence-electron chi connectivity index (χ2n) is 7.30. The second-order valence-corrected chi connectivity index (χ2v) is 7.30. The quantitative estimate of drug-likeness (QED) is 0.272. The molecule has 2 heterocycles. The number of halogens is 1. The number of hydrogen-bond donors (Lipinski definition) is 1. The third kappa shape index (κ3) is 6.18. The molecular weight excluding hydrogens is 479 g/mol. The van der Waals surface area contributed by atoms with Crippen molar-refractivity contribution >= 4 is 29.9 Å². The first kappa shape index (κ1) is 23.7. The van der Waals surface area contributed by atoms with Crippen LogP contribution in [0.15, 0.2) is 33.8 Å². The summed E-state index contributed by atoms with van der Waals surface area (Å²) >= 11 is 0. The number of nitrogens with one attached hydrogen (secondary N) is 1. The average molecular weight is 512 g/mol. The van der Waals surface area contributed by atoms with Crippen LogP contribution in [-0.2, 0) is 11.2 Å². The number of aryl methyl sites for hydroxylation is 3. The molecule has 6 nitrogen and oxygen atoms in total. The fraction of sp³-hybridized carbons (Fsp3) is 0.545. The fourth-order valence-electron chi connectivity index (χ4n) is 3.70. The van der Waals surface area contributed by atoms with Crippen LogP contribution in [-0.4, -0.2) is 48.8 Å². The van der Waals surface area contributed by atoms with Crippen molar-refractivity contribution in [1.82, 2.24) is 15.4 Å². The highest BCUT2D eigenvalue weighted by molar-refractivity contribution is 14.0. The van der Waals surface area contributed by atoms with E-state index in [1.54, 1.807) is 0 Å². The zero-order valence-corrected chi connectivity index (χ0v) is 20.2. The van der Waals surface area contributed by atoms with Crippen LogP contribution < -0.4 is 5.32 Å². The van der Waals surface area contributed by atoms with Gasteiger partial charge in [-0.1, -0.05) is 29.4 Å². The Morgan fingerprint density at radius 3 is 2.76 bits per heavy atom. The van der Waals surface area contributed by atoms with E-state index in [1.165, 1.54) is 16.7 Å². The SMILES string of the molecule is CCNC(=NCCCc1c(C)noc1C)N1CCOC(c2ccccc2C)C1.I. The molecule has 0 amide bonds. The van der Waals surface area contributed by atoms with Gasteiger partial charge in [0, 0.05) is 25.2 Å². The smallest absolute Gasteiger partial charge is 0.194 e. The Morgan fingerprint density at radius 1 is 1.28 bits per heavy atom. The topological polar surface area (TPSA) is 62.9 Å². The van der Waals surface area contributed by atoms with Gasteiger partial charge < -0.3 is 19.5 Å². The summed E-state index contributed by atoms with van der Waals surface area (Å²) < 4.78 is 11.3. The Balaban J connectivity index is 0.00000300. The molecule has 29 heavy (non-hydrogen) atoms. The Kier molecular flexibility index (Phi) is 9.42. The lowest BCUT2D eigenvalue weighted by Crippen LogP contribution is -2.48. The van der Waals surface area contributed by atoms with Crippen LogP contribution in [0.4, 0.5) is 0 Å². The maximum Gasteiger partial charge on any atom is 0.194 e. The van der Waals surface area contributed by atoms with Gasteiger partial charge >= 0.3 is 0 Å². The van der Waals surface area contributed by atoms with E-state index in [1.807, 2.05) is 13.8 Å². The number of guanidine groups is 1. The molecule has 0 saturated carbocycles. The Bertz CT molecular complexity index is 786. The van der Waals surface area contributed by atoms with E-state index < -0.39 is 0 Å². The molecule has 2 aromatic rings. The molecule has 1 N–H and O–H groups in total. The van der Waals surface area contributed by atoms with Crippen molar-refractivity contribution in [2.75, 3.05) is 32.8 Å². The van der Waals surface area contributed by atoms with E-state index >= 15 is 0 Å². The summed E-state index contributed by atoms with van der Waals surface area (Å²) in [6.07, 6.45) is 2.00. The van der Waals surface area contributed by atoms with Gasteiger partial charge in [0.1, 0.15) is 11.9 Å². The van der Waals surface area contributed by atoms with E-state index in [0.29, 0.717) is 6.61 Å². The van der Waals surface area contributed by atoms with Gasteiger partial charge in [0.2, 0.25) is 0 Å². The van der Waals surface area contributed by atoms with Crippen LogP contribution in [0.2, 0.25) is 0 Å². The molecule has 1 aromatic carbocycles. The third-order valence-corrected chi connectivity index (χ3v) is 5.26. The molecule has 160 valence electrons. The number of nitrogens with zero attached hydrogens (tertiary/aromatic N) is 3. The summed E-state index contributed by atoms with van der Waals surface area (Å²) in [5.74, 6) is 1.89. The summed E-state index contributed by atoms with van der Waals surface area (Å²) in [7, 11) is 0. The number of aromatic nitrogens is 1. The van der Waals surface area contributed by atoms with E-state index in [-0.39, 0.29) is 30.1 Å². The highest BCUT2D eigenvalue weighted by atomic mass is 127. The average Bonchev–Trinajstić information content (AvgIpc) is 3.02. The highest BCUT2D eigenvalue weighted by Gasteiger charge is 2.25. The number of aliphatic imine (C=N–C) groups is 1. The Morgan fingerprint density at radius 2 is 2.07 bits per heavy atom. The van der Waals surface area contributed by atoms with Crippen LogP contribution in [0.1, 0.15) is 47.6 Å². The lowest BCUT2D eigenvalue weighted by molar-refractivity contribution is -0.00832. The van der Waals surface area contributed by atoms with Crippen molar-refractivity contribution in [3.63, 3.8) is 0 Å². The van der Waals surface area contributed by atoms with E-state index in [9.17, 15) is 0 Å². The lowest BCUT2D eigenvalue weighted by Gasteiger charge is -2.35. The molecule has 1 unspecified atom stereocenters. The molecule has 1 aromatic heterocycles. The molecular formula is C22H33IN4O2. The van der Waals surface area contributed by atoms with Gasteiger partial charge in [0.15, 0.2) is 5.96 Å². The predicted octanol–water partition coefficient (Wildman–Crippen LogP) is 4.19. The van der Waals surface area contributed by atoms with Crippen molar-refractivity contribution in [1.29, 1.82) is 0 Å². The standard InChI is InChI=1S/C22H32N4O2.HI/c1-5-23-22(24-12-8-11-20-17(3)25-28-18(20)4)26-13-14-27-21(15-26)19-10-7-6-9-16(19)2;/h6-7,9-10,21H,5,8,11-15H2,1-4H3,(H,23,24);1H. The van der Waals surface area contributed by atoms with E-state index in [4.69, 9.17) is 14.3 Å². The second kappa shape index (κ2) is 11.5. The number of hydrogen-bond acceptors (Lipinski definition) is 4. The van der Waals surface area contributed by atoms with Gasteiger partial charge in [0.05, 0.1) is 18.8 Å². The van der Waals surface area contributed by atoms with Crippen LogP contribution in [0.25, 0.3) is 0 Å². The monoisotopic (exact) mass is 512 g/mol. The number of morpholine rings is 1. The zero-order chi connectivity index (χ0) is 19.9. The summed E-state index contributed by atoms with van der Waals surface area (Å²) in [5.41, 5.74) is 4.74. The van der Waals surface area contributed by atoms with E-state index in [0.717, 1.165) is 56.4 Å². The van der Waals surface area contributed by atoms with E-state index in [2.05, 4.69) is 53.5 Å². The maximum absolute atomic E-state index is 6.06. The minimum absolute atomic E-state index is 0. The van der Waals surface area contributed by atoms with Gasteiger partial charge in [0.25, 0.3) is 0 Å². The molecule has 0 radical (unpaired) electrons. The number of rotatable bonds is 6. The first-order chi connectivity index (χ1) is 13.6. The zero-order valence-electron chi connectivity index (χ0n) is 17.9. The fourth-order valence-corrected chi connectivity index (χ4v) is 3.70. The van der Waals surface area contributed by atoms with Gasteiger partial charge in [-0.25, -0.2) is 0 Å². The first-order valence-electron chi connectivity index (χ1n) is 10.2. The Labute approximate surface area is 191 Å². The molecule has 1 atom stereocenters. The van der Waals surface area contributed by atoms with Crippen LogP contribution in [0, 0.1) is 20.8 Å². The number of benzene rings is 1. The highest BCUT2D eigenvalue weighted by Crippen LogP contribution is 2.25. The van der Waals surface area contributed by atoms with Crippen molar-refractivity contribution in [2.45, 2.75) is 46.6 Å². The lowest BCUT2D eigenvalue weighted by atomic mass is 10.0. The molecule has 0 aliphatic carbocycles. The van der Waals surface area contributed by atoms with Gasteiger partial charge in [-0.2, -0.15) is 0 Å². The summed E-state index contributed by atoms with van der Waals surface area (Å²) in [4.78, 5) is 7.19.